The van der Waals surface area contributed by atoms with E-state index in [1.54, 1.807) is 7.11 Å². The Morgan fingerprint density at radius 2 is 0.899 bits per heavy atom. The van der Waals surface area contributed by atoms with E-state index < -0.39 is 102 Å². The Hall–Kier alpha value is -1.75. The minimum atomic E-state index is -5.44. The number of phosphoric ester groups is 2. The number of carbonyl (C=O) groups is 3. The summed E-state index contributed by atoms with van der Waals surface area (Å²) in [6.45, 7) is 7.68. The van der Waals surface area contributed by atoms with Gasteiger partial charge >= 0.3 is 27.6 Å². The first-order valence-electron chi connectivity index (χ1n) is 34.8. The molecule has 0 amide bonds. The van der Waals surface area contributed by atoms with Crippen LogP contribution in [0.15, 0.2) is 12.2 Å². The van der Waals surface area contributed by atoms with Crippen molar-refractivity contribution in [3.05, 3.63) is 12.2 Å². The number of esters is 2. The fraction of sp³-hybridized carbons (Fsp3) is 0.924. The fourth-order valence-corrected chi connectivity index (χ4v) is 12.5. The summed E-state index contributed by atoms with van der Waals surface area (Å²) in [5, 5.41) is 12.2. The minimum absolute atomic E-state index is 0.0248. The number of unbranched alkanes of at least 4 members (excludes halogenated alkanes) is 30. The van der Waals surface area contributed by atoms with Crippen molar-refractivity contribution in [1.82, 2.24) is 0 Å². The number of ketones is 1. The summed E-state index contributed by atoms with van der Waals surface area (Å²) in [4.78, 5) is 81.8. The number of methoxy groups -OCH3 is 2. The van der Waals surface area contributed by atoms with Crippen LogP contribution in [0.25, 0.3) is 0 Å². The number of aliphatic hydroxyl groups excluding tert-OH is 1. The average Bonchev–Trinajstić information content (AvgIpc) is 0.966. The lowest BCUT2D eigenvalue weighted by Gasteiger charge is -2.46. The molecule has 5 N–H and O–H groups in total. The van der Waals surface area contributed by atoms with E-state index in [4.69, 9.17) is 51.7 Å². The molecule has 0 unspecified atom stereocenters. The number of Topliss-reactive ketones (excluding diaryl/α,β-unsaturated/α-hetero) is 1. The number of ether oxygens (including phenoxy) is 9. The summed E-state index contributed by atoms with van der Waals surface area (Å²) in [5.74, 6) is -2.10. The smallest absolute Gasteiger partial charge is 0.454 e. The zero-order chi connectivity index (χ0) is 65.4. The molecule has 2 aliphatic rings. The molecule has 89 heavy (non-hydrogen) atoms. The highest BCUT2D eigenvalue weighted by atomic mass is 31.2. The van der Waals surface area contributed by atoms with Crippen LogP contribution in [0.1, 0.15) is 285 Å². The number of rotatable bonds is 59. The molecule has 0 aromatic rings. The first kappa shape index (κ1) is 83.3. The van der Waals surface area contributed by atoms with Gasteiger partial charge in [-0.2, -0.15) is 0 Å². The maximum Gasteiger partial charge on any atom is 0.472 e. The Morgan fingerprint density at radius 3 is 1.43 bits per heavy atom. The third-order valence-corrected chi connectivity index (χ3v) is 17.6. The predicted octanol–water partition coefficient (Wildman–Crippen LogP) is 14.5. The van der Waals surface area contributed by atoms with Gasteiger partial charge in [-0.05, 0) is 57.8 Å². The van der Waals surface area contributed by atoms with E-state index in [0.717, 1.165) is 161 Å². The normalized spacial score (nSPS) is 22.9. The monoisotopic (exact) mass is 1310 g/mol. The van der Waals surface area contributed by atoms with Crippen molar-refractivity contribution in [3.8, 4) is 0 Å². The van der Waals surface area contributed by atoms with Crippen LogP contribution < -0.4 is 0 Å². The van der Waals surface area contributed by atoms with Crippen molar-refractivity contribution in [2.45, 2.75) is 352 Å². The second-order valence-corrected chi connectivity index (χ2v) is 26.9. The van der Waals surface area contributed by atoms with Gasteiger partial charge < -0.3 is 67.3 Å². The molecule has 0 saturated carbocycles. The molecule has 11 atom stereocenters. The molecule has 21 nitrogen and oxygen atoms in total. The van der Waals surface area contributed by atoms with Crippen LogP contribution in [0.5, 0.6) is 0 Å². The largest absolute Gasteiger partial charge is 0.472 e. The van der Waals surface area contributed by atoms with Crippen molar-refractivity contribution in [2.75, 3.05) is 40.6 Å². The lowest BCUT2D eigenvalue weighted by Crippen LogP contribution is -2.64. The molecular formula is C66H124O21P2. The zero-order valence-corrected chi connectivity index (χ0v) is 57.6. The van der Waals surface area contributed by atoms with Gasteiger partial charge in [-0.3, -0.25) is 23.4 Å². The Kier molecular flexibility index (Phi) is 49.2. The Morgan fingerprint density at radius 1 is 0.449 bits per heavy atom. The summed E-state index contributed by atoms with van der Waals surface area (Å²) < 4.78 is 90.6. The number of phosphoric acid groups is 2. The molecule has 2 rings (SSSR count). The van der Waals surface area contributed by atoms with Crippen LogP contribution in [0.4, 0.5) is 0 Å². The van der Waals surface area contributed by atoms with E-state index in [1.165, 1.54) is 58.5 Å². The van der Waals surface area contributed by atoms with Crippen molar-refractivity contribution >= 4 is 33.4 Å². The first-order chi connectivity index (χ1) is 42.9. The lowest BCUT2D eigenvalue weighted by atomic mass is 9.97. The molecule has 0 bridgehead atoms. The van der Waals surface area contributed by atoms with Gasteiger partial charge in [0, 0.05) is 40.3 Å². The van der Waals surface area contributed by atoms with Gasteiger partial charge in [-0.15, -0.1) is 0 Å². The molecule has 0 aromatic heterocycles. The molecule has 0 radical (unpaired) electrons. The van der Waals surface area contributed by atoms with Crippen LogP contribution in [0, 0.1) is 0 Å². The average molecular weight is 1320 g/mol. The second-order valence-electron chi connectivity index (χ2n) is 24.6. The molecule has 2 fully saturated rings. The Balaban J connectivity index is 2.45. The van der Waals surface area contributed by atoms with E-state index in [2.05, 4.69) is 39.8 Å². The first-order valence-corrected chi connectivity index (χ1v) is 37.9. The minimum Gasteiger partial charge on any atom is -0.454 e. The maximum atomic E-state index is 14.0. The molecular weight excluding hydrogens is 1190 g/mol. The summed E-state index contributed by atoms with van der Waals surface area (Å²) >= 11 is 0. The highest BCUT2D eigenvalue weighted by Crippen LogP contribution is 2.44. The Labute approximate surface area is 536 Å². The van der Waals surface area contributed by atoms with Crippen LogP contribution in [0.3, 0.4) is 0 Å². The maximum absolute atomic E-state index is 14.0. The third-order valence-electron chi connectivity index (χ3n) is 16.6. The lowest BCUT2D eigenvalue weighted by molar-refractivity contribution is -0.330. The molecule has 0 spiro atoms. The number of allylic oxidation sites excluding steroid dienone is 2. The van der Waals surface area contributed by atoms with Gasteiger partial charge in [0.25, 0.3) is 0 Å². The number of carbonyl (C=O) groups excluding carboxylic acids is 3. The van der Waals surface area contributed by atoms with Crippen LogP contribution >= 0.6 is 15.6 Å². The molecule has 2 saturated heterocycles. The molecule has 524 valence electrons. The quantitative estimate of drug-likeness (QED) is 0.0124. The highest BCUT2D eigenvalue weighted by Gasteiger charge is 2.55. The van der Waals surface area contributed by atoms with E-state index in [1.807, 2.05) is 0 Å². The van der Waals surface area contributed by atoms with E-state index >= 15 is 0 Å². The van der Waals surface area contributed by atoms with Crippen molar-refractivity contribution in [3.63, 3.8) is 0 Å². The van der Waals surface area contributed by atoms with Gasteiger partial charge in [0.1, 0.15) is 48.8 Å². The molecule has 2 heterocycles. The SMILES string of the molecule is CCCCCC/C=C\CCCCCCCCCC(=O)O[C@H]1[C@H](OC[C@H]2O[C@H](OP(=O)(O)O)[C@H](OC(=O)CC(=O)CCCCCCCCCCC)[C@@H](OCCCCCCCCCC)[C@@H]2O)O[C@H](COC)[C@@H](OP(=O)(O)O)[C@@H]1OCC[C@H](CCCCCCC)OC. The predicted molar refractivity (Wildman–Crippen MR) is 343 cm³/mol. The number of hydrogen-bond acceptors (Lipinski definition) is 17. The van der Waals surface area contributed by atoms with Gasteiger partial charge in [0.15, 0.2) is 18.5 Å². The van der Waals surface area contributed by atoms with E-state index in [-0.39, 0.29) is 44.5 Å². The third kappa shape index (κ3) is 41.0. The highest BCUT2D eigenvalue weighted by molar-refractivity contribution is 7.46. The van der Waals surface area contributed by atoms with Gasteiger partial charge in [0.2, 0.25) is 6.29 Å². The Bertz CT molecular complexity index is 1890. The van der Waals surface area contributed by atoms with Crippen LogP contribution in [0.2, 0.25) is 0 Å². The van der Waals surface area contributed by atoms with Crippen LogP contribution in [-0.2, 0) is 75.2 Å². The summed E-state index contributed by atoms with van der Waals surface area (Å²) in [6, 6.07) is 0. The van der Waals surface area contributed by atoms with Crippen molar-refractivity contribution < 1.29 is 99.9 Å². The van der Waals surface area contributed by atoms with Crippen LogP contribution in [-0.4, -0.2) is 151 Å². The molecule has 2 aliphatic heterocycles. The van der Waals surface area contributed by atoms with E-state index in [0.29, 0.717) is 25.7 Å². The van der Waals surface area contributed by atoms with E-state index in [9.17, 15) is 48.2 Å². The summed E-state index contributed by atoms with van der Waals surface area (Å²) in [6.07, 6.45) is 24.4. The van der Waals surface area contributed by atoms with Crippen molar-refractivity contribution in [1.29, 1.82) is 0 Å². The zero-order valence-electron chi connectivity index (χ0n) is 55.8. The molecule has 23 heteroatoms. The second kappa shape index (κ2) is 52.5. The number of hydrogen-bond donors (Lipinski definition) is 5. The molecule has 0 aliphatic carbocycles. The van der Waals surface area contributed by atoms with Gasteiger partial charge in [-0.1, -0.05) is 220 Å². The number of aliphatic hydroxyl groups is 1. The standard InChI is InChI=1S/C66H124O21P2/c1-7-11-15-19-22-25-26-27-28-29-30-32-34-38-42-46-57(68)84-64-62(80-49-47-54(78-6)45-41-36-18-14-10-4)60(86-88(71,72)73)56(51-77-5)83-65(64)81-52-55-59(70)61(79-48-43-39-35-24-21-17-13-9-3)63(66(82-55)87-89(74,75)76)85-58(69)50-53(67)44-40-37-33-31-23-20-16-12-8-2/h25-26,54-56,59-66,70H,7-24,27-52H2,1-6H3,(H2,71,72,73)(H2,74,75,76)/b26-25-/t54-,55+,56+,59+,60+,61-,62-,63+,64+,65+,66+/m0/s1. The fourth-order valence-electron chi connectivity index (χ4n) is 11.4. The summed E-state index contributed by atoms with van der Waals surface area (Å²) in [5.41, 5.74) is 0. The molecule has 0 aromatic carbocycles. The van der Waals surface area contributed by atoms with Gasteiger partial charge in [-0.25, -0.2) is 9.13 Å². The van der Waals surface area contributed by atoms with Gasteiger partial charge in [0.05, 0.1) is 19.3 Å². The van der Waals surface area contributed by atoms with Crippen molar-refractivity contribution in [2.24, 2.45) is 0 Å². The topological polar surface area (TPSA) is 288 Å². The summed E-state index contributed by atoms with van der Waals surface area (Å²) in [7, 11) is -7.81.